The Bertz CT molecular complexity index is 716. The highest BCUT2D eigenvalue weighted by atomic mass is 32.2. The summed E-state index contributed by atoms with van der Waals surface area (Å²) in [7, 11) is 0.269. The van der Waals surface area contributed by atoms with E-state index in [1.807, 2.05) is 19.0 Å². The Hall–Kier alpha value is -1.72. The third kappa shape index (κ3) is 5.77. The number of hydrogen-bond acceptors (Lipinski definition) is 8. The summed E-state index contributed by atoms with van der Waals surface area (Å²) < 4.78 is 27.7. The second kappa shape index (κ2) is 7.70. The van der Waals surface area contributed by atoms with E-state index in [1.54, 1.807) is 24.2 Å². The monoisotopic (exact) mass is 357 g/mol. The van der Waals surface area contributed by atoms with Crippen LogP contribution in [0.3, 0.4) is 0 Å². The van der Waals surface area contributed by atoms with Gasteiger partial charge in [-0.15, -0.1) is 4.40 Å². The highest BCUT2D eigenvalue weighted by Gasteiger charge is 2.23. The predicted molar refractivity (Wildman–Crippen MR) is 91.6 cm³/mol. The van der Waals surface area contributed by atoms with Crippen molar-refractivity contribution in [3.63, 3.8) is 0 Å². The first-order valence-corrected chi connectivity index (χ1v) is 9.40. The van der Waals surface area contributed by atoms with Gasteiger partial charge in [-0.2, -0.15) is 20.2 Å². The lowest BCUT2D eigenvalue weighted by atomic mass is 10.4. The topological polar surface area (TPSA) is 126 Å². The van der Waals surface area contributed by atoms with Crippen molar-refractivity contribution in [1.82, 2.24) is 19.6 Å². The maximum atomic E-state index is 11.2. The first-order chi connectivity index (χ1) is 10.9. The van der Waals surface area contributed by atoms with Crippen molar-refractivity contribution in [2.45, 2.75) is 12.3 Å². The Balaban J connectivity index is 1.77. The molecule has 3 N–H and O–H groups in total. The molecule has 0 saturated carbocycles. The van der Waals surface area contributed by atoms with E-state index in [0.29, 0.717) is 18.1 Å². The lowest BCUT2D eigenvalue weighted by molar-refractivity contribution is 0.395. The summed E-state index contributed by atoms with van der Waals surface area (Å²) in [5, 5.41) is 0. The van der Waals surface area contributed by atoms with E-state index in [2.05, 4.69) is 24.1 Å². The molecule has 9 nitrogen and oxygen atoms in total. The molecule has 0 aliphatic carbocycles. The van der Waals surface area contributed by atoms with Gasteiger partial charge in [0.25, 0.3) is 0 Å². The summed E-state index contributed by atoms with van der Waals surface area (Å²) >= 11 is 1.64. The number of aromatic nitrogens is 2. The Morgan fingerprint density at radius 3 is 2.74 bits per heavy atom. The molecule has 0 bridgehead atoms. The highest BCUT2D eigenvalue weighted by Crippen LogP contribution is 2.10. The highest BCUT2D eigenvalue weighted by molar-refractivity contribution is 7.98. The van der Waals surface area contributed by atoms with Crippen LogP contribution in [0.25, 0.3) is 0 Å². The fourth-order valence-corrected chi connectivity index (χ4v) is 3.32. The van der Waals surface area contributed by atoms with Gasteiger partial charge in [0, 0.05) is 30.4 Å². The van der Waals surface area contributed by atoms with E-state index in [-0.39, 0.29) is 11.7 Å². The van der Waals surface area contributed by atoms with E-state index < -0.39 is 10.2 Å². The van der Waals surface area contributed by atoms with Crippen molar-refractivity contribution in [2.75, 3.05) is 26.4 Å². The molecule has 0 spiro atoms. The van der Waals surface area contributed by atoms with Crippen LogP contribution in [0, 0.1) is 0 Å². The van der Waals surface area contributed by atoms with Crippen LogP contribution in [0.1, 0.15) is 11.4 Å². The molecule has 126 valence electrons. The van der Waals surface area contributed by atoms with Crippen molar-refractivity contribution in [3.8, 4) is 0 Å². The molecular formula is C12H19N7O2S2. The summed E-state index contributed by atoms with van der Waals surface area (Å²) in [6.07, 6.45) is 3.50. The van der Waals surface area contributed by atoms with E-state index >= 15 is 0 Å². The van der Waals surface area contributed by atoms with Gasteiger partial charge in [0.05, 0.1) is 17.9 Å². The molecular weight excluding hydrogens is 338 g/mol. The summed E-state index contributed by atoms with van der Waals surface area (Å²) in [6, 6.07) is 0. The summed E-state index contributed by atoms with van der Waals surface area (Å²) in [5.41, 5.74) is 7.30. The lowest BCUT2D eigenvalue weighted by Gasteiger charge is -2.09. The lowest BCUT2D eigenvalue weighted by Crippen LogP contribution is -2.31. The smallest absolute Gasteiger partial charge is 0.345 e. The molecule has 2 heterocycles. The van der Waals surface area contributed by atoms with Gasteiger partial charge in [0.15, 0.2) is 11.7 Å². The van der Waals surface area contributed by atoms with Gasteiger partial charge in [-0.1, -0.05) is 0 Å². The molecule has 23 heavy (non-hydrogen) atoms. The van der Waals surface area contributed by atoms with Crippen molar-refractivity contribution in [3.05, 3.63) is 23.8 Å². The largest absolute Gasteiger partial charge is 0.380 e. The zero-order valence-corrected chi connectivity index (χ0v) is 14.6. The molecule has 0 aromatic carbocycles. The standard InChI is InChI=1S/C12H19N7O2S2/c1-19(2)7-9-5-14-6-10(16-9)8-22-4-3-15-12-11(13)17-23(20,21)18-12/h5-6H,3-4,7-8H2,1-2H3,(H2,13,17)(H,15,18). The average Bonchev–Trinajstić information content (AvgIpc) is 2.71. The number of rotatable bonds is 7. The predicted octanol–water partition coefficient (Wildman–Crippen LogP) is -0.625. The fraction of sp³-hybridized carbons (Fsp3) is 0.500. The molecule has 1 aliphatic rings. The van der Waals surface area contributed by atoms with Crippen LogP contribution in [-0.2, 0) is 22.5 Å². The van der Waals surface area contributed by atoms with Crippen molar-refractivity contribution in [2.24, 2.45) is 15.1 Å². The van der Waals surface area contributed by atoms with Gasteiger partial charge in [0.2, 0.25) is 0 Å². The van der Waals surface area contributed by atoms with Gasteiger partial charge >= 0.3 is 10.2 Å². The van der Waals surface area contributed by atoms with Crippen LogP contribution in [0.4, 0.5) is 0 Å². The van der Waals surface area contributed by atoms with Gasteiger partial charge in [-0.25, -0.2) is 4.72 Å². The second-order valence-corrected chi connectivity index (χ2v) is 7.52. The van der Waals surface area contributed by atoms with Crippen LogP contribution in [0.5, 0.6) is 0 Å². The minimum absolute atomic E-state index is 0.0998. The van der Waals surface area contributed by atoms with Crippen molar-refractivity contribution < 1.29 is 8.42 Å². The minimum atomic E-state index is -3.69. The molecule has 1 aromatic heterocycles. The molecule has 0 atom stereocenters. The maximum Gasteiger partial charge on any atom is 0.345 e. The van der Waals surface area contributed by atoms with Crippen LogP contribution in [-0.4, -0.2) is 61.3 Å². The molecule has 1 aliphatic heterocycles. The summed E-state index contributed by atoms with van der Waals surface area (Å²) in [6.45, 7) is 1.18. The first-order valence-electron chi connectivity index (χ1n) is 6.81. The number of amidine groups is 2. The van der Waals surface area contributed by atoms with E-state index in [9.17, 15) is 8.42 Å². The zero-order chi connectivity index (χ0) is 16.9. The number of hydrogen-bond donors (Lipinski definition) is 2. The Labute approximate surface area is 139 Å². The molecule has 0 unspecified atom stereocenters. The van der Waals surface area contributed by atoms with Crippen LogP contribution < -0.4 is 10.5 Å². The number of nitrogens with zero attached hydrogens (tertiary/aromatic N) is 5. The van der Waals surface area contributed by atoms with Crippen molar-refractivity contribution >= 4 is 33.6 Å². The summed E-state index contributed by atoms with van der Waals surface area (Å²) in [4.78, 5) is 14.8. The van der Waals surface area contributed by atoms with Crippen LogP contribution in [0.2, 0.25) is 0 Å². The Morgan fingerprint density at radius 2 is 2.09 bits per heavy atom. The number of thioether (sulfide) groups is 1. The van der Waals surface area contributed by atoms with E-state index in [4.69, 9.17) is 5.73 Å². The Kier molecular flexibility index (Phi) is 5.91. The average molecular weight is 357 g/mol. The molecule has 0 saturated heterocycles. The Morgan fingerprint density at radius 1 is 1.35 bits per heavy atom. The first kappa shape index (κ1) is 17.6. The van der Waals surface area contributed by atoms with Gasteiger partial charge < -0.3 is 10.6 Å². The van der Waals surface area contributed by atoms with Crippen molar-refractivity contribution in [1.29, 1.82) is 0 Å². The molecule has 0 amide bonds. The molecule has 1 aromatic rings. The SMILES string of the molecule is CN(C)Cc1cncc(CSCCN=C2NS(=O)(=O)N=C2N)n1. The molecule has 2 rings (SSSR count). The van der Waals surface area contributed by atoms with E-state index in [1.165, 1.54) is 0 Å². The minimum Gasteiger partial charge on any atom is -0.380 e. The quantitative estimate of drug-likeness (QED) is 0.623. The molecule has 0 radical (unpaired) electrons. The third-order valence-corrected chi connectivity index (χ3v) is 4.51. The third-order valence-electron chi connectivity index (χ3n) is 2.65. The molecule has 0 fully saturated rings. The normalized spacial score (nSPS) is 18.2. The van der Waals surface area contributed by atoms with Crippen LogP contribution in [0.15, 0.2) is 21.8 Å². The number of nitrogens with one attached hydrogen (secondary N) is 1. The van der Waals surface area contributed by atoms with Gasteiger partial charge in [0.1, 0.15) is 0 Å². The van der Waals surface area contributed by atoms with Gasteiger partial charge in [-0.3, -0.25) is 15.0 Å². The fourth-order valence-electron chi connectivity index (χ4n) is 1.80. The summed E-state index contributed by atoms with van der Waals surface area (Å²) in [5.74, 6) is 1.43. The van der Waals surface area contributed by atoms with Gasteiger partial charge in [-0.05, 0) is 14.1 Å². The number of aliphatic imine (C=N–C) groups is 1. The number of nitrogens with two attached hydrogens (primary N) is 1. The van der Waals surface area contributed by atoms with E-state index in [0.717, 1.165) is 17.9 Å². The second-order valence-electron chi connectivity index (χ2n) is 5.08. The molecule has 11 heteroatoms. The maximum absolute atomic E-state index is 11.2. The van der Waals surface area contributed by atoms with Crippen LogP contribution >= 0.6 is 11.8 Å². The zero-order valence-electron chi connectivity index (χ0n) is 12.9.